The van der Waals surface area contributed by atoms with Crippen molar-refractivity contribution in [3.63, 3.8) is 0 Å². The first-order chi connectivity index (χ1) is 6.77. The van der Waals surface area contributed by atoms with Gasteiger partial charge in [0.25, 0.3) is 0 Å². The van der Waals surface area contributed by atoms with E-state index in [0.29, 0.717) is 6.04 Å². The highest BCUT2D eigenvalue weighted by molar-refractivity contribution is 5.41. The highest BCUT2D eigenvalue weighted by atomic mass is 16.5. The van der Waals surface area contributed by atoms with Crippen LogP contribution in [0.5, 0.6) is 0 Å². The van der Waals surface area contributed by atoms with Crippen molar-refractivity contribution < 1.29 is 4.74 Å². The molecule has 3 heteroatoms. The van der Waals surface area contributed by atoms with Crippen LogP contribution in [0.2, 0.25) is 0 Å². The summed E-state index contributed by atoms with van der Waals surface area (Å²) in [5, 5.41) is 0. The Hall–Kier alpha value is -1.06. The molecule has 1 atom stereocenters. The van der Waals surface area contributed by atoms with Crippen molar-refractivity contribution >= 4 is 5.69 Å². The lowest BCUT2D eigenvalue weighted by molar-refractivity contribution is 0.00508. The molecule has 14 heavy (non-hydrogen) atoms. The third-order valence-corrected chi connectivity index (χ3v) is 2.69. The summed E-state index contributed by atoms with van der Waals surface area (Å²) in [6.45, 7) is 2.58. The quantitative estimate of drug-likeness (QED) is 0.681. The van der Waals surface area contributed by atoms with Crippen LogP contribution in [-0.4, -0.2) is 31.7 Å². The molecule has 1 aliphatic rings. The molecule has 1 heterocycles. The number of nitrogens with two attached hydrogens (primary N) is 1. The van der Waals surface area contributed by atoms with Gasteiger partial charge in [-0.25, -0.2) is 0 Å². The molecule has 1 saturated heterocycles. The summed E-state index contributed by atoms with van der Waals surface area (Å²) in [7, 11) is 2.12. The first kappa shape index (κ1) is 9.49. The molecule has 0 bridgehead atoms. The number of hydrogen-bond acceptors (Lipinski definition) is 3. The molecule has 0 aromatic heterocycles. The molecule has 1 unspecified atom stereocenters. The second-order valence-corrected chi connectivity index (χ2v) is 3.74. The first-order valence-electron chi connectivity index (χ1n) is 4.91. The van der Waals surface area contributed by atoms with Crippen molar-refractivity contribution in [2.24, 2.45) is 0 Å². The Balaban J connectivity index is 2.20. The van der Waals surface area contributed by atoms with Gasteiger partial charge in [0.05, 0.1) is 19.3 Å². The van der Waals surface area contributed by atoms with Crippen molar-refractivity contribution in [1.82, 2.24) is 4.90 Å². The Morgan fingerprint density at radius 1 is 1.50 bits per heavy atom. The van der Waals surface area contributed by atoms with E-state index in [1.54, 1.807) is 0 Å². The number of anilines is 1. The molecular formula is C11H16N2O. The average Bonchev–Trinajstić information content (AvgIpc) is 2.18. The van der Waals surface area contributed by atoms with E-state index in [4.69, 9.17) is 10.5 Å². The molecule has 0 radical (unpaired) electrons. The van der Waals surface area contributed by atoms with Gasteiger partial charge in [0.15, 0.2) is 0 Å². The number of rotatable bonds is 1. The van der Waals surface area contributed by atoms with Gasteiger partial charge in [-0.2, -0.15) is 0 Å². The van der Waals surface area contributed by atoms with Crippen LogP contribution in [-0.2, 0) is 4.74 Å². The molecule has 1 fully saturated rings. The largest absolute Gasteiger partial charge is 0.399 e. The van der Waals surface area contributed by atoms with Gasteiger partial charge in [-0.3, -0.25) is 4.90 Å². The fourth-order valence-corrected chi connectivity index (χ4v) is 1.80. The molecule has 1 aromatic rings. The molecule has 3 nitrogen and oxygen atoms in total. The summed E-state index contributed by atoms with van der Waals surface area (Å²) in [4.78, 5) is 2.30. The number of benzene rings is 1. The lowest BCUT2D eigenvalue weighted by Gasteiger charge is -2.32. The van der Waals surface area contributed by atoms with E-state index < -0.39 is 0 Å². The number of nitrogens with zero attached hydrogens (tertiary/aromatic N) is 1. The van der Waals surface area contributed by atoms with E-state index in [1.165, 1.54) is 5.56 Å². The highest BCUT2D eigenvalue weighted by Gasteiger charge is 2.20. The molecule has 0 aliphatic carbocycles. The zero-order valence-electron chi connectivity index (χ0n) is 8.44. The molecular weight excluding hydrogens is 176 g/mol. The molecule has 0 amide bonds. The van der Waals surface area contributed by atoms with E-state index in [2.05, 4.69) is 18.0 Å². The minimum atomic E-state index is 0.354. The maximum Gasteiger partial charge on any atom is 0.0664 e. The predicted molar refractivity (Wildman–Crippen MR) is 57.0 cm³/mol. The van der Waals surface area contributed by atoms with Crippen LogP contribution in [0.3, 0.4) is 0 Å². The maximum absolute atomic E-state index is 5.75. The maximum atomic E-state index is 5.75. The van der Waals surface area contributed by atoms with E-state index in [1.807, 2.05) is 18.2 Å². The summed E-state index contributed by atoms with van der Waals surface area (Å²) in [5.74, 6) is 0. The third kappa shape index (κ3) is 1.89. The molecule has 1 aromatic carbocycles. The van der Waals surface area contributed by atoms with Crippen molar-refractivity contribution in [3.05, 3.63) is 29.8 Å². The van der Waals surface area contributed by atoms with E-state index >= 15 is 0 Å². The minimum absolute atomic E-state index is 0.354. The lowest BCUT2D eigenvalue weighted by atomic mass is 10.1. The highest BCUT2D eigenvalue weighted by Crippen LogP contribution is 2.23. The SMILES string of the molecule is CN1CCOCC1c1cccc(N)c1. The first-order valence-corrected chi connectivity index (χ1v) is 4.91. The van der Waals surface area contributed by atoms with Crippen LogP contribution >= 0.6 is 0 Å². The van der Waals surface area contributed by atoms with Gasteiger partial charge in [0.2, 0.25) is 0 Å². The fraction of sp³-hybridized carbons (Fsp3) is 0.455. The molecule has 0 saturated carbocycles. The molecule has 2 N–H and O–H groups in total. The van der Waals surface area contributed by atoms with Gasteiger partial charge in [-0.1, -0.05) is 12.1 Å². The van der Waals surface area contributed by atoms with Gasteiger partial charge < -0.3 is 10.5 Å². The number of hydrogen-bond donors (Lipinski definition) is 1. The summed E-state index contributed by atoms with van der Waals surface area (Å²) >= 11 is 0. The zero-order valence-corrected chi connectivity index (χ0v) is 8.44. The van der Waals surface area contributed by atoms with E-state index in [0.717, 1.165) is 25.4 Å². The van der Waals surface area contributed by atoms with Crippen molar-refractivity contribution in [1.29, 1.82) is 0 Å². The Morgan fingerprint density at radius 2 is 2.36 bits per heavy atom. The Kier molecular flexibility index (Phi) is 2.70. The number of ether oxygens (including phenoxy) is 1. The van der Waals surface area contributed by atoms with Crippen molar-refractivity contribution in [2.45, 2.75) is 6.04 Å². The van der Waals surface area contributed by atoms with Crippen LogP contribution in [0.15, 0.2) is 24.3 Å². The summed E-state index contributed by atoms with van der Waals surface area (Å²) in [6, 6.07) is 8.38. The summed E-state index contributed by atoms with van der Waals surface area (Å²) in [5.41, 5.74) is 7.81. The standard InChI is InChI=1S/C11H16N2O/c1-13-5-6-14-8-11(13)9-3-2-4-10(12)7-9/h2-4,7,11H,5-6,8,12H2,1H3. The van der Waals surface area contributed by atoms with Crippen LogP contribution in [0.1, 0.15) is 11.6 Å². The monoisotopic (exact) mass is 192 g/mol. The minimum Gasteiger partial charge on any atom is -0.399 e. The van der Waals surface area contributed by atoms with Crippen LogP contribution in [0.25, 0.3) is 0 Å². The number of likely N-dealkylation sites (N-methyl/N-ethyl adjacent to an activating group) is 1. The van der Waals surface area contributed by atoms with Gasteiger partial charge in [-0.15, -0.1) is 0 Å². The fourth-order valence-electron chi connectivity index (χ4n) is 1.80. The molecule has 76 valence electrons. The predicted octanol–water partition coefficient (Wildman–Crippen LogP) is 1.27. The zero-order chi connectivity index (χ0) is 9.97. The van der Waals surface area contributed by atoms with Crippen molar-refractivity contribution in [2.75, 3.05) is 32.5 Å². The van der Waals surface area contributed by atoms with Gasteiger partial charge in [-0.05, 0) is 24.7 Å². The van der Waals surface area contributed by atoms with Crippen LogP contribution in [0, 0.1) is 0 Å². The van der Waals surface area contributed by atoms with Crippen LogP contribution in [0.4, 0.5) is 5.69 Å². The van der Waals surface area contributed by atoms with Gasteiger partial charge in [0, 0.05) is 12.2 Å². The average molecular weight is 192 g/mol. The second-order valence-electron chi connectivity index (χ2n) is 3.74. The van der Waals surface area contributed by atoms with Crippen molar-refractivity contribution in [3.8, 4) is 0 Å². The summed E-state index contributed by atoms with van der Waals surface area (Å²) in [6.07, 6.45) is 0. The molecule has 2 rings (SSSR count). The smallest absolute Gasteiger partial charge is 0.0664 e. The normalized spacial score (nSPS) is 23.6. The Bertz CT molecular complexity index is 314. The van der Waals surface area contributed by atoms with E-state index in [9.17, 15) is 0 Å². The Labute approximate surface area is 84.5 Å². The third-order valence-electron chi connectivity index (χ3n) is 2.69. The molecule has 0 spiro atoms. The van der Waals surface area contributed by atoms with Gasteiger partial charge >= 0.3 is 0 Å². The second kappa shape index (κ2) is 3.98. The van der Waals surface area contributed by atoms with Gasteiger partial charge in [0.1, 0.15) is 0 Å². The topological polar surface area (TPSA) is 38.5 Å². The van der Waals surface area contributed by atoms with E-state index in [-0.39, 0.29) is 0 Å². The van der Waals surface area contributed by atoms with Crippen LogP contribution < -0.4 is 5.73 Å². The number of nitrogen functional groups attached to an aromatic ring is 1. The molecule has 1 aliphatic heterocycles. The lowest BCUT2D eigenvalue weighted by Crippen LogP contribution is -2.36. The Morgan fingerprint density at radius 3 is 3.07 bits per heavy atom. The summed E-state index contributed by atoms with van der Waals surface area (Å²) < 4.78 is 5.46. The number of morpholine rings is 1.